The van der Waals surface area contributed by atoms with Crippen LogP contribution in [-0.2, 0) is 9.05 Å². The van der Waals surface area contributed by atoms with Crippen LogP contribution in [0, 0.1) is 6.07 Å². The molecule has 2 aromatic rings. The van der Waals surface area contributed by atoms with Gasteiger partial charge in [0.2, 0.25) is 0 Å². The number of hydrogen-bond donors (Lipinski definition) is 0. The molecule has 0 saturated carbocycles. The molecule has 17 heavy (non-hydrogen) atoms. The molecule has 87 valence electrons. The molecule has 0 fully saturated rings. The molecule has 0 bridgehead atoms. The zero-order valence-corrected chi connectivity index (χ0v) is 11.0. The van der Waals surface area contributed by atoms with E-state index in [1.54, 1.807) is 6.07 Å². The lowest BCUT2D eigenvalue weighted by atomic mass is 10.4. The van der Waals surface area contributed by atoms with Gasteiger partial charge in [0.15, 0.2) is 0 Å². The zero-order chi connectivity index (χ0) is 12.3. The summed E-state index contributed by atoms with van der Waals surface area (Å²) in [6.07, 6.45) is 0. The average Bonchev–Trinajstić information content (AvgIpc) is 2.29. The molecule has 1 radical (unpaired) electrons. The Balaban J connectivity index is 2.29. The highest BCUT2D eigenvalue weighted by Crippen LogP contribution is 2.29. The molecule has 0 unspecified atom stereocenters. The summed E-state index contributed by atoms with van der Waals surface area (Å²) in [5.74, 6) is 0. The van der Waals surface area contributed by atoms with E-state index in [9.17, 15) is 8.42 Å². The van der Waals surface area contributed by atoms with Crippen LogP contribution >= 0.6 is 22.4 Å². The van der Waals surface area contributed by atoms with Gasteiger partial charge in [0.1, 0.15) is 0 Å². The van der Waals surface area contributed by atoms with Gasteiger partial charge in [-0.25, -0.2) is 8.42 Å². The van der Waals surface area contributed by atoms with Crippen molar-refractivity contribution in [3.63, 3.8) is 0 Å². The smallest absolute Gasteiger partial charge is 0.207 e. The van der Waals surface area contributed by atoms with Gasteiger partial charge in [0.25, 0.3) is 9.05 Å². The van der Waals surface area contributed by atoms with Gasteiger partial charge in [-0.05, 0) is 30.3 Å². The van der Waals surface area contributed by atoms with Crippen LogP contribution in [0.4, 0.5) is 0 Å². The second kappa shape index (κ2) is 5.12. The van der Waals surface area contributed by atoms with E-state index in [1.165, 1.54) is 23.9 Å². The van der Waals surface area contributed by atoms with Crippen LogP contribution in [-0.4, -0.2) is 8.42 Å². The van der Waals surface area contributed by atoms with Crippen LogP contribution < -0.4 is 0 Å². The first-order chi connectivity index (χ1) is 8.05. The van der Waals surface area contributed by atoms with E-state index < -0.39 is 9.05 Å². The van der Waals surface area contributed by atoms with Gasteiger partial charge in [-0.15, -0.1) is 0 Å². The van der Waals surface area contributed by atoms with E-state index in [1.807, 2.05) is 30.3 Å². The monoisotopic (exact) mass is 283 g/mol. The standard InChI is InChI=1S/C12H8ClO2S2/c13-17(14,15)12-8-4-7-11(9-12)16-10-5-2-1-3-6-10/h1-6,8-9H. The Morgan fingerprint density at radius 3 is 2.47 bits per heavy atom. The molecule has 0 N–H and O–H groups in total. The number of benzene rings is 2. The maximum absolute atomic E-state index is 11.2. The Morgan fingerprint density at radius 1 is 1.12 bits per heavy atom. The maximum Gasteiger partial charge on any atom is 0.261 e. The molecule has 0 heterocycles. The summed E-state index contributed by atoms with van der Waals surface area (Å²) in [4.78, 5) is 1.84. The summed E-state index contributed by atoms with van der Waals surface area (Å²) < 4.78 is 22.4. The Hall–Kier alpha value is -0.970. The second-order valence-corrected chi connectivity index (χ2v) is 6.92. The molecule has 2 nitrogen and oxygen atoms in total. The molecule has 0 saturated heterocycles. The quantitative estimate of drug-likeness (QED) is 0.808. The molecule has 2 rings (SSSR count). The molecule has 0 aliphatic rings. The Bertz CT molecular complexity index is 609. The Kier molecular flexibility index (Phi) is 3.76. The molecule has 0 aromatic heterocycles. The lowest BCUT2D eigenvalue weighted by Gasteiger charge is -2.02. The number of rotatable bonds is 3. The van der Waals surface area contributed by atoms with Crippen molar-refractivity contribution in [2.75, 3.05) is 0 Å². The van der Waals surface area contributed by atoms with Crippen LogP contribution in [0.1, 0.15) is 0 Å². The zero-order valence-electron chi connectivity index (χ0n) is 8.63. The summed E-state index contributed by atoms with van der Waals surface area (Å²) in [5.41, 5.74) is 0. The molecule has 0 amide bonds. The molecular weight excluding hydrogens is 276 g/mol. The van der Waals surface area contributed by atoms with Crippen molar-refractivity contribution in [1.29, 1.82) is 0 Å². The summed E-state index contributed by atoms with van der Waals surface area (Å²) in [6.45, 7) is 0. The minimum absolute atomic E-state index is 0.0938. The van der Waals surface area contributed by atoms with Crippen molar-refractivity contribution in [3.8, 4) is 0 Å². The Morgan fingerprint density at radius 2 is 1.82 bits per heavy atom. The van der Waals surface area contributed by atoms with E-state index >= 15 is 0 Å². The minimum Gasteiger partial charge on any atom is -0.207 e. The summed E-state index contributed by atoms with van der Waals surface area (Å²) in [6, 6.07) is 17.1. The first-order valence-corrected chi connectivity index (χ1v) is 7.87. The van der Waals surface area contributed by atoms with Crippen LogP contribution in [0.3, 0.4) is 0 Å². The highest BCUT2D eigenvalue weighted by Gasteiger charge is 2.10. The lowest BCUT2D eigenvalue weighted by Crippen LogP contribution is -1.90. The topological polar surface area (TPSA) is 34.1 Å². The first kappa shape index (κ1) is 12.5. The molecular formula is C12H8ClO2S2. The van der Waals surface area contributed by atoms with Crippen molar-refractivity contribution in [3.05, 3.63) is 54.6 Å². The third-order valence-electron chi connectivity index (χ3n) is 2.00. The largest absolute Gasteiger partial charge is 0.261 e. The van der Waals surface area contributed by atoms with Gasteiger partial charge >= 0.3 is 0 Å². The predicted octanol–water partition coefficient (Wildman–Crippen LogP) is 3.57. The van der Waals surface area contributed by atoms with E-state index in [0.29, 0.717) is 0 Å². The van der Waals surface area contributed by atoms with Gasteiger partial charge in [-0.1, -0.05) is 36.0 Å². The van der Waals surface area contributed by atoms with Crippen LogP contribution in [0.5, 0.6) is 0 Å². The van der Waals surface area contributed by atoms with E-state index in [4.69, 9.17) is 10.7 Å². The van der Waals surface area contributed by atoms with Gasteiger partial charge < -0.3 is 0 Å². The molecule has 0 spiro atoms. The SMILES string of the molecule is O=S(=O)(Cl)c1cc[c]c(Sc2ccccc2)c1. The van der Waals surface area contributed by atoms with Crippen molar-refractivity contribution < 1.29 is 8.42 Å². The summed E-state index contributed by atoms with van der Waals surface area (Å²) in [7, 11) is 1.60. The van der Waals surface area contributed by atoms with Gasteiger partial charge in [-0.2, -0.15) is 0 Å². The third kappa shape index (κ3) is 3.49. The van der Waals surface area contributed by atoms with Crippen molar-refractivity contribution in [2.45, 2.75) is 14.7 Å². The first-order valence-electron chi connectivity index (χ1n) is 4.75. The third-order valence-corrected chi connectivity index (χ3v) is 4.31. The molecule has 2 aromatic carbocycles. The second-order valence-electron chi connectivity index (χ2n) is 3.24. The van der Waals surface area contributed by atoms with Crippen molar-refractivity contribution in [2.24, 2.45) is 0 Å². The van der Waals surface area contributed by atoms with Crippen molar-refractivity contribution >= 4 is 31.5 Å². The molecule has 5 heteroatoms. The fraction of sp³-hybridized carbons (Fsp3) is 0. The normalized spacial score (nSPS) is 11.4. The summed E-state index contributed by atoms with van der Waals surface area (Å²) >= 11 is 1.44. The van der Waals surface area contributed by atoms with Crippen molar-refractivity contribution in [1.82, 2.24) is 0 Å². The highest BCUT2D eigenvalue weighted by atomic mass is 35.7. The fourth-order valence-corrected chi connectivity index (χ4v) is 2.96. The van der Waals surface area contributed by atoms with Crippen LogP contribution in [0.2, 0.25) is 0 Å². The average molecular weight is 284 g/mol. The highest BCUT2D eigenvalue weighted by molar-refractivity contribution is 8.13. The predicted molar refractivity (Wildman–Crippen MR) is 68.9 cm³/mol. The summed E-state index contributed by atoms with van der Waals surface area (Å²) in [5, 5.41) is 0. The van der Waals surface area contributed by atoms with Crippen LogP contribution in [0.25, 0.3) is 0 Å². The maximum atomic E-state index is 11.2. The van der Waals surface area contributed by atoms with Crippen LogP contribution in [0.15, 0.2) is 63.2 Å². The van der Waals surface area contributed by atoms with Gasteiger partial charge in [-0.3, -0.25) is 0 Å². The molecule has 0 aliphatic heterocycles. The van der Waals surface area contributed by atoms with E-state index in [0.717, 1.165) is 9.79 Å². The van der Waals surface area contributed by atoms with E-state index in [-0.39, 0.29) is 4.90 Å². The Labute approximate surface area is 109 Å². The minimum atomic E-state index is -3.68. The number of halogens is 1. The molecule has 0 atom stereocenters. The molecule has 0 aliphatic carbocycles. The lowest BCUT2D eigenvalue weighted by molar-refractivity contribution is 0.609. The van der Waals surface area contributed by atoms with Gasteiger partial charge in [0.05, 0.1) is 4.90 Å². The number of hydrogen-bond acceptors (Lipinski definition) is 3. The van der Waals surface area contributed by atoms with Gasteiger partial charge in [0, 0.05) is 20.5 Å². The fourth-order valence-electron chi connectivity index (χ4n) is 1.25. The van der Waals surface area contributed by atoms with E-state index in [2.05, 4.69) is 6.07 Å².